The van der Waals surface area contributed by atoms with Gasteiger partial charge in [0.15, 0.2) is 0 Å². The monoisotopic (exact) mass is 247 g/mol. The van der Waals surface area contributed by atoms with Gasteiger partial charge in [-0.15, -0.1) is 0 Å². The van der Waals surface area contributed by atoms with E-state index in [1.54, 1.807) is 0 Å². The number of ether oxygens (including phenoxy) is 2. The summed E-state index contributed by atoms with van der Waals surface area (Å²) >= 11 is 0. The Hall–Kier alpha value is -1.32. The lowest BCUT2D eigenvalue weighted by atomic mass is 10.1. The fourth-order valence-electron chi connectivity index (χ4n) is 1.97. The van der Waals surface area contributed by atoms with Crippen LogP contribution in [0.5, 0.6) is 5.75 Å². The molecule has 0 saturated carbocycles. The quantitative estimate of drug-likeness (QED) is 0.592. The van der Waals surface area contributed by atoms with Crippen LogP contribution >= 0.6 is 0 Å². The second-order valence-electron chi connectivity index (χ2n) is 4.73. The first-order valence-corrected chi connectivity index (χ1v) is 6.43. The molecule has 0 unspecified atom stereocenters. The van der Waals surface area contributed by atoms with Gasteiger partial charge in [-0.05, 0) is 24.1 Å². The average molecular weight is 247 g/mol. The molecule has 1 N–H and O–H groups in total. The summed E-state index contributed by atoms with van der Waals surface area (Å²) in [5.74, 6) is 1.04. The van der Waals surface area contributed by atoms with Gasteiger partial charge in [0.25, 0.3) is 0 Å². The van der Waals surface area contributed by atoms with E-state index in [-0.39, 0.29) is 0 Å². The molecule has 3 heteroatoms. The van der Waals surface area contributed by atoms with Gasteiger partial charge >= 0.3 is 0 Å². The van der Waals surface area contributed by atoms with Crippen molar-refractivity contribution in [3.63, 3.8) is 0 Å². The highest BCUT2D eigenvalue weighted by atomic mass is 16.5. The summed E-state index contributed by atoms with van der Waals surface area (Å²) in [5.41, 5.74) is 3.70. The molecule has 1 aromatic rings. The zero-order valence-electron chi connectivity index (χ0n) is 11.0. The first-order valence-electron chi connectivity index (χ1n) is 6.43. The van der Waals surface area contributed by atoms with E-state index in [9.17, 15) is 0 Å². The molecule has 1 aromatic carbocycles. The summed E-state index contributed by atoms with van der Waals surface area (Å²) in [6.07, 6.45) is 1.03. The van der Waals surface area contributed by atoms with E-state index in [1.165, 1.54) is 11.1 Å². The van der Waals surface area contributed by atoms with Crippen LogP contribution in [0.15, 0.2) is 30.4 Å². The molecule has 0 bridgehead atoms. The number of benzene rings is 1. The third kappa shape index (κ3) is 3.86. The molecule has 0 aliphatic carbocycles. The molecule has 0 saturated heterocycles. The molecule has 0 amide bonds. The van der Waals surface area contributed by atoms with Crippen LogP contribution in [-0.2, 0) is 17.7 Å². The van der Waals surface area contributed by atoms with E-state index in [1.807, 2.05) is 6.92 Å². The van der Waals surface area contributed by atoms with Crippen LogP contribution < -0.4 is 10.1 Å². The molecular formula is C15H21NO2. The van der Waals surface area contributed by atoms with Gasteiger partial charge in [-0.1, -0.05) is 24.3 Å². The minimum Gasteiger partial charge on any atom is -0.493 e. The summed E-state index contributed by atoms with van der Waals surface area (Å²) in [5, 5.41) is 3.37. The lowest BCUT2D eigenvalue weighted by Gasteiger charge is -2.07. The predicted molar refractivity (Wildman–Crippen MR) is 73.0 cm³/mol. The van der Waals surface area contributed by atoms with Gasteiger partial charge in [0.05, 0.1) is 19.8 Å². The standard InChI is InChI=1S/C15H21NO2/c1-12(2)11-17-8-6-16-10-13-3-4-15-14(9-13)5-7-18-15/h3-4,9,16H,1,5-8,10-11H2,2H3. The van der Waals surface area contributed by atoms with Crippen LogP contribution in [0.4, 0.5) is 0 Å². The normalized spacial score (nSPS) is 13.2. The number of nitrogens with one attached hydrogen (secondary N) is 1. The Bertz CT molecular complexity index is 415. The van der Waals surface area contributed by atoms with Crippen LogP contribution in [0.1, 0.15) is 18.1 Å². The first-order chi connectivity index (χ1) is 8.75. The van der Waals surface area contributed by atoms with Crippen molar-refractivity contribution < 1.29 is 9.47 Å². The Morgan fingerprint density at radius 2 is 2.39 bits per heavy atom. The van der Waals surface area contributed by atoms with Crippen molar-refractivity contribution in [1.29, 1.82) is 0 Å². The third-order valence-electron chi connectivity index (χ3n) is 2.85. The minimum absolute atomic E-state index is 0.651. The molecule has 0 aromatic heterocycles. The van der Waals surface area contributed by atoms with Crippen molar-refractivity contribution in [3.05, 3.63) is 41.5 Å². The van der Waals surface area contributed by atoms with Gasteiger partial charge in [0.1, 0.15) is 5.75 Å². The fourth-order valence-corrected chi connectivity index (χ4v) is 1.97. The lowest BCUT2D eigenvalue weighted by Crippen LogP contribution is -2.19. The molecule has 0 fully saturated rings. The Balaban J connectivity index is 1.66. The van der Waals surface area contributed by atoms with Crippen molar-refractivity contribution >= 4 is 0 Å². The van der Waals surface area contributed by atoms with E-state index < -0.39 is 0 Å². The van der Waals surface area contributed by atoms with Crippen molar-refractivity contribution in [2.75, 3.05) is 26.4 Å². The van der Waals surface area contributed by atoms with Gasteiger partial charge in [0.2, 0.25) is 0 Å². The highest BCUT2D eigenvalue weighted by Gasteiger charge is 2.11. The summed E-state index contributed by atoms with van der Waals surface area (Å²) in [6.45, 7) is 9.70. The van der Waals surface area contributed by atoms with Crippen LogP contribution in [-0.4, -0.2) is 26.4 Å². The average Bonchev–Trinajstić information content (AvgIpc) is 2.80. The van der Waals surface area contributed by atoms with Gasteiger partial charge in [-0.2, -0.15) is 0 Å². The number of rotatable bonds is 7. The van der Waals surface area contributed by atoms with E-state index in [0.717, 1.165) is 44.0 Å². The molecule has 98 valence electrons. The third-order valence-corrected chi connectivity index (χ3v) is 2.85. The maximum atomic E-state index is 5.48. The molecule has 3 nitrogen and oxygen atoms in total. The maximum absolute atomic E-state index is 5.48. The molecule has 1 heterocycles. The van der Waals surface area contributed by atoms with Gasteiger partial charge < -0.3 is 14.8 Å². The zero-order valence-corrected chi connectivity index (χ0v) is 11.0. The van der Waals surface area contributed by atoms with Crippen LogP contribution in [0.25, 0.3) is 0 Å². The zero-order chi connectivity index (χ0) is 12.8. The number of hydrogen-bond acceptors (Lipinski definition) is 3. The van der Waals surface area contributed by atoms with Crippen molar-refractivity contribution in [2.24, 2.45) is 0 Å². The van der Waals surface area contributed by atoms with Crippen LogP contribution in [0, 0.1) is 0 Å². The molecule has 2 rings (SSSR count). The maximum Gasteiger partial charge on any atom is 0.122 e. The van der Waals surface area contributed by atoms with Crippen molar-refractivity contribution in [3.8, 4) is 5.75 Å². The molecule has 18 heavy (non-hydrogen) atoms. The molecule has 0 atom stereocenters. The molecule has 1 aliphatic rings. The predicted octanol–water partition coefficient (Wildman–Crippen LogP) is 2.30. The summed E-state index contributed by atoms with van der Waals surface area (Å²) in [7, 11) is 0. The second kappa shape index (κ2) is 6.57. The van der Waals surface area contributed by atoms with E-state index >= 15 is 0 Å². The van der Waals surface area contributed by atoms with Gasteiger partial charge in [-0.25, -0.2) is 0 Å². The topological polar surface area (TPSA) is 30.5 Å². The fraction of sp³-hybridized carbons (Fsp3) is 0.467. The summed E-state index contributed by atoms with van der Waals surface area (Å²) in [6, 6.07) is 6.41. The molecule has 0 spiro atoms. The first kappa shape index (κ1) is 13.1. The van der Waals surface area contributed by atoms with Gasteiger partial charge in [-0.3, -0.25) is 0 Å². The highest BCUT2D eigenvalue weighted by molar-refractivity contribution is 5.39. The Morgan fingerprint density at radius 3 is 3.22 bits per heavy atom. The van der Waals surface area contributed by atoms with E-state index in [4.69, 9.17) is 9.47 Å². The number of fused-ring (bicyclic) bond motifs is 1. The SMILES string of the molecule is C=C(C)COCCNCc1ccc2c(c1)CCO2. The smallest absolute Gasteiger partial charge is 0.122 e. The second-order valence-corrected chi connectivity index (χ2v) is 4.73. The summed E-state index contributed by atoms with van der Waals surface area (Å²) < 4.78 is 10.9. The Morgan fingerprint density at radius 1 is 1.50 bits per heavy atom. The van der Waals surface area contributed by atoms with Crippen LogP contribution in [0.2, 0.25) is 0 Å². The lowest BCUT2D eigenvalue weighted by molar-refractivity contribution is 0.158. The minimum atomic E-state index is 0.651. The molecule has 0 radical (unpaired) electrons. The van der Waals surface area contributed by atoms with E-state index in [2.05, 4.69) is 30.1 Å². The number of hydrogen-bond donors (Lipinski definition) is 1. The largest absolute Gasteiger partial charge is 0.493 e. The highest BCUT2D eigenvalue weighted by Crippen LogP contribution is 2.25. The van der Waals surface area contributed by atoms with Crippen LogP contribution in [0.3, 0.4) is 0 Å². The Labute approximate surface area is 109 Å². The molecule has 1 aliphatic heterocycles. The van der Waals surface area contributed by atoms with E-state index in [0.29, 0.717) is 6.61 Å². The van der Waals surface area contributed by atoms with Crippen molar-refractivity contribution in [2.45, 2.75) is 19.9 Å². The Kier molecular flexibility index (Phi) is 4.79. The summed E-state index contributed by atoms with van der Waals surface area (Å²) in [4.78, 5) is 0. The molecular weight excluding hydrogens is 226 g/mol. The van der Waals surface area contributed by atoms with Crippen molar-refractivity contribution in [1.82, 2.24) is 5.32 Å². The van der Waals surface area contributed by atoms with Gasteiger partial charge in [0, 0.05) is 19.5 Å².